The Hall–Kier alpha value is -0.910. The highest BCUT2D eigenvalue weighted by molar-refractivity contribution is 7.12. The monoisotopic (exact) mass is 283 g/mol. The Balaban J connectivity index is 1.57. The van der Waals surface area contributed by atoms with E-state index in [-0.39, 0.29) is 6.42 Å². The van der Waals surface area contributed by atoms with Gasteiger partial charge in [-0.1, -0.05) is 12.8 Å². The molecule has 5 heteroatoms. The average Bonchev–Trinajstić information content (AvgIpc) is 3.00. The standard InChI is InChI=1S/C14H21NO3S/c16-14(17)9-12-5-6-13(19-12)10-15-7-8-18-11-3-1-2-4-11/h5-6,11,15H,1-4,7-10H2,(H,16,17). The molecule has 1 aliphatic rings. The molecule has 0 saturated heterocycles. The Kier molecular flexibility index (Phi) is 5.82. The van der Waals surface area contributed by atoms with Gasteiger partial charge in [0.15, 0.2) is 0 Å². The van der Waals surface area contributed by atoms with Crippen molar-refractivity contribution < 1.29 is 14.6 Å². The van der Waals surface area contributed by atoms with Crippen molar-refractivity contribution in [3.8, 4) is 0 Å². The lowest BCUT2D eigenvalue weighted by molar-refractivity contribution is -0.136. The van der Waals surface area contributed by atoms with Crippen LogP contribution in [0.1, 0.15) is 35.4 Å². The first kappa shape index (κ1) is 14.5. The van der Waals surface area contributed by atoms with E-state index in [4.69, 9.17) is 9.84 Å². The molecule has 2 rings (SSSR count). The first-order chi connectivity index (χ1) is 9.24. The molecule has 0 unspecified atom stereocenters. The summed E-state index contributed by atoms with van der Waals surface area (Å²) in [4.78, 5) is 12.7. The minimum absolute atomic E-state index is 0.120. The van der Waals surface area contributed by atoms with E-state index in [9.17, 15) is 4.79 Å². The van der Waals surface area contributed by atoms with Gasteiger partial charge in [-0.25, -0.2) is 0 Å². The zero-order valence-corrected chi connectivity index (χ0v) is 11.9. The minimum atomic E-state index is -0.772. The number of ether oxygens (including phenoxy) is 1. The molecule has 1 aromatic heterocycles. The number of aliphatic carboxylic acids is 1. The molecular formula is C14H21NO3S. The van der Waals surface area contributed by atoms with Gasteiger partial charge in [0.05, 0.1) is 19.1 Å². The fourth-order valence-corrected chi connectivity index (χ4v) is 3.30. The lowest BCUT2D eigenvalue weighted by Gasteiger charge is -2.10. The second kappa shape index (κ2) is 7.62. The summed E-state index contributed by atoms with van der Waals surface area (Å²) in [6.07, 6.45) is 5.63. The maximum atomic E-state index is 10.6. The van der Waals surface area contributed by atoms with Crippen molar-refractivity contribution in [2.24, 2.45) is 0 Å². The average molecular weight is 283 g/mol. The van der Waals surface area contributed by atoms with Crippen LogP contribution in [0.4, 0.5) is 0 Å². The molecule has 1 saturated carbocycles. The Labute approximate surface area is 117 Å². The molecule has 1 aromatic rings. The SMILES string of the molecule is O=C(O)Cc1ccc(CNCCOC2CCCC2)s1. The third kappa shape index (κ3) is 5.30. The minimum Gasteiger partial charge on any atom is -0.481 e. The summed E-state index contributed by atoms with van der Waals surface area (Å²) in [7, 11) is 0. The Morgan fingerprint density at radius 1 is 1.37 bits per heavy atom. The van der Waals surface area contributed by atoms with Crippen LogP contribution in [0, 0.1) is 0 Å². The van der Waals surface area contributed by atoms with Crippen LogP contribution in [-0.4, -0.2) is 30.3 Å². The predicted molar refractivity (Wildman–Crippen MR) is 75.6 cm³/mol. The lowest BCUT2D eigenvalue weighted by Crippen LogP contribution is -2.21. The van der Waals surface area contributed by atoms with E-state index in [1.165, 1.54) is 30.6 Å². The van der Waals surface area contributed by atoms with Gasteiger partial charge in [0.2, 0.25) is 0 Å². The second-order valence-electron chi connectivity index (χ2n) is 4.89. The fourth-order valence-electron chi connectivity index (χ4n) is 2.33. The van der Waals surface area contributed by atoms with Crippen LogP contribution in [-0.2, 0) is 22.5 Å². The fraction of sp³-hybridized carbons (Fsp3) is 0.643. The van der Waals surface area contributed by atoms with Crippen LogP contribution in [0.3, 0.4) is 0 Å². The number of carboxylic acids is 1. The highest BCUT2D eigenvalue weighted by atomic mass is 32.1. The van der Waals surface area contributed by atoms with Gasteiger partial charge >= 0.3 is 5.97 Å². The van der Waals surface area contributed by atoms with Gasteiger partial charge < -0.3 is 15.2 Å². The highest BCUT2D eigenvalue weighted by Gasteiger charge is 2.14. The van der Waals surface area contributed by atoms with Crippen molar-refractivity contribution in [1.82, 2.24) is 5.32 Å². The van der Waals surface area contributed by atoms with Crippen molar-refractivity contribution in [3.05, 3.63) is 21.9 Å². The summed E-state index contributed by atoms with van der Waals surface area (Å²) in [5.74, 6) is -0.772. The van der Waals surface area contributed by atoms with Crippen molar-refractivity contribution in [2.75, 3.05) is 13.2 Å². The highest BCUT2D eigenvalue weighted by Crippen LogP contribution is 2.20. The number of hydrogen-bond acceptors (Lipinski definition) is 4. The van der Waals surface area contributed by atoms with Crippen LogP contribution >= 0.6 is 11.3 Å². The molecule has 2 N–H and O–H groups in total. The van der Waals surface area contributed by atoms with Crippen molar-refractivity contribution >= 4 is 17.3 Å². The largest absolute Gasteiger partial charge is 0.481 e. The van der Waals surface area contributed by atoms with Gasteiger partial charge in [-0.3, -0.25) is 4.79 Å². The molecule has 1 aliphatic carbocycles. The van der Waals surface area contributed by atoms with E-state index < -0.39 is 5.97 Å². The molecule has 0 atom stereocenters. The van der Waals surface area contributed by atoms with Crippen LogP contribution in [0.25, 0.3) is 0 Å². The van der Waals surface area contributed by atoms with E-state index in [0.717, 1.165) is 24.6 Å². The molecule has 0 spiro atoms. The van der Waals surface area contributed by atoms with Gasteiger partial charge in [0.25, 0.3) is 0 Å². The molecule has 0 aliphatic heterocycles. The molecule has 106 valence electrons. The van der Waals surface area contributed by atoms with Crippen molar-refractivity contribution in [2.45, 2.75) is 44.8 Å². The number of nitrogens with one attached hydrogen (secondary N) is 1. The smallest absolute Gasteiger partial charge is 0.308 e. The summed E-state index contributed by atoms with van der Waals surface area (Å²) in [6.45, 7) is 2.40. The van der Waals surface area contributed by atoms with Crippen molar-refractivity contribution in [1.29, 1.82) is 0 Å². The first-order valence-corrected chi connectivity index (χ1v) is 7.67. The molecule has 19 heavy (non-hydrogen) atoms. The topological polar surface area (TPSA) is 58.6 Å². The second-order valence-corrected chi connectivity index (χ2v) is 6.15. The summed E-state index contributed by atoms with van der Waals surface area (Å²) < 4.78 is 5.76. The Bertz CT molecular complexity index is 399. The maximum absolute atomic E-state index is 10.6. The molecular weight excluding hydrogens is 262 g/mol. The van der Waals surface area contributed by atoms with E-state index in [0.29, 0.717) is 6.10 Å². The van der Waals surface area contributed by atoms with Gasteiger partial charge in [-0.2, -0.15) is 0 Å². The number of hydrogen-bond donors (Lipinski definition) is 2. The number of thiophene rings is 1. The van der Waals surface area contributed by atoms with Crippen LogP contribution in [0.2, 0.25) is 0 Å². The van der Waals surface area contributed by atoms with Gasteiger partial charge in [-0.05, 0) is 25.0 Å². The van der Waals surface area contributed by atoms with Gasteiger partial charge in [0, 0.05) is 22.8 Å². The summed E-state index contributed by atoms with van der Waals surface area (Å²) in [5, 5.41) is 12.0. The quantitative estimate of drug-likeness (QED) is 0.719. The molecule has 0 radical (unpaired) electrons. The zero-order valence-electron chi connectivity index (χ0n) is 11.1. The molecule has 0 bridgehead atoms. The van der Waals surface area contributed by atoms with Gasteiger partial charge in [0.1, 0.15) is 0 Å². The Morgan fingerprint density at radius 3 is 2.84 bits per heavy atom. The summed E-state index contributed by atoms with van der Waals surface area (Å²) in [5.41, 5.74) is 0. The van der Waals surface area contributed by atoms with Crippen LogP contribution in [0.5, 0.6) is 0 Å². The number of carboxylic acid groups (broad SMARTS) is 1. The third-order valence-corrected chi connectivity index (χ3v) is 4.36. The maximum Gasteiger partial charge on any atom is 0.308 e. The Morgan fingerprint density at radius 2 is 2.11 bits per heavy atom. The normalized spacial score (nSPS) is 16.0. The van der Waals surface area contributed by atoms with E-state index in [1.807, 2.05) is 12.1 Å². The molecule has 0 aromatic carbocycles. The molecule has 4 nitrogen and oxygen atoms in total. The zero-order chi connectivity index (χ0) is 13.5. The van der Waals surface area contributed by atoms with E-state index in [1.54, 1.807) is 11.3 Å². The number of carbonyl (C=O) groups is 1. The molecule has 1 fully saturated rings. The van der Waals surface area contributed by atoms with Crippen LogP contribution < -0.4 is 5.32 Å². The number of rotatable bonds is 8. The van der Waals surface area contributed by atoms with Crippen LogP contribution in [0.15, 0.2) is 12.1 Å². The van der Waals surface area contributed by atoms with E-state index in [2.05, 4.69) is 5.32 Å². The van der Waals surface area contributed by atoms with Crippen molar-refractivity contribution in [3.63, 3.8) is 0 Å². The van der Waals surface area contributed by atoms with Gasteiger partial charge in [-0.15, -0.1) is 11.3 Å². The molecule has 1 heterocycles. The summed E-state index contributed by atoms with van der Waals surface area (Å²) in [6, 6.07) is 3.89. The third-order valence-electron chi connectivity index (χ3n) is 3.28. The first-order valence-electron chi connectivity index (χ1n) is 6.86. The summed E-state index contributed by atoms with van der Waals surface area (Å²) >= 11 is 1.56. The van der Waals surface area contributed by atoms with E-state index >= 15 is 0 Å². The predicted octanol–water partition coefficient (Wildman–Crippen LogP) is 2.42. The molecule has 0 amide bonds. The lowest BCUT2D eigenvalue weighted by atomic mass is 10.3.